The molecule has 1 aromatic heterocycles. The third-order valence-electron chi connectivity index (χ3n) is 3.31. The number of carbonyl (C=O) groups excluding carboxylic acids is 2. The lowest BCUT2D eigenvalue weighted by atomic mass is 10.2. The molecule has 0 aliphatic rings. The molecule has 1 heterocycles. The number of fused-ring (bicyclic) bond motifs is 1. The molecule has 0 bridgehead atoms. The van der Waals surface area contributed by atoms with Crippen molar-refractivity contribution in [2.75, 3.05) is 0 Å². The van der Waals surface area contributed by atoms with Gasteiger partial charge in [-0.1, -0.05) is 12.1 Å². The van der Waals surface area contributed by atoms with E-state index in [2.05, 4.69) is 9.97 Å². The fourth-order valence-electron chi connectivity index (χ4n) is 2.36. The number of aromatic nitrogens is 2. The summed E-state index contributed by atoms with van der Waals surface area (Å²) in [6, 6.07) is 11.3. The van der Waals surface area contributed by atoms with Crippen LogP contribution >= 0.6 is 0 Å². The number of H-pyrrole nitrogens is 1. The van der Waals surface area contributed by atoms with E-state index in [9.17, 15) is 14.4 Å². The van der Waals surface area contributed by atoms with Crippen LogP contribution in [0.2, 0.25) is 0 Å². The van der Waals surface area contributed by atoms with E-state index in [-0.39, 0.29) is 11.3 Å². The number of carbonyl (C=O) groups is 2. The maximum atomic E-state index is 12.4. The zero-order chi connectivity index (χ0) is 18.0. The summed E-state index contributed by atoms with van der Waals surface area (Å²) in [7, 11) is 0. The fraction of sp³-hybridized carbons (Fsp3) is 0.111. The van der Waals surface area contributed by atoms with Crippen molar-refractivity contribution < 1.29 is 19.1 Å². The third kappa shape index (κ3) is 3.72. The van der Waals surface area contributed by atoms with Crippen LogP contribution in [-0.4, -0.2) is 21.9 Å². The topological polar surface area (TPSA) is 98.3 Å². The third-order valence-corrected chi connectivity index (χ3v) is 3.31. The van der Waals surface area contributed by atoms with Gasteiger partial charge in [0.1, 0.15) is 17.3 Å². The number of esters is 2. The first-order chi connectivity index (χ1) is 11.9. The van der Waals surface area contributed by atoms with Gasteiger partial charge in [0, 0.05) is 19.4 Å². The molecule has 126 valence electrons. The standard InChI is InChI=1S/C18H14N2O5/c1-10(21)24-13-5-3-4-12(8-13)17-19-16-7-6-14(25-11(2)22)9-15(16)18(23)20-17/h3-9H,1-2H3,(H,19,20,23). The molecule has 7 heteroatoms. The molecule has 2 aromatic carbocycles. The van der Waals surface area contributed by atoms with Crippen LogP contribution in [0.25, 0.3) is 22.3 Å². The highest BCUT2D eigenvalue weighted by Crippen LogP contribution is 2.23. The van der Waals surface area contributed by atoms with Crippen molar-refractivity contribution in [1.29, 1.82) is 0 Å². The van der Waals surface area contributed by atoms with E-state index in [0.717, 1.165) is 0 Å². The summed E-state index contributed by atoms with van der Waals surface area (Å²) in [4.78, 5) is 41.5. The van der Waals surface area contributed by atoms with E-state index >= 15 is 0 Å². The van der Waals surface area contributed by atoms with Crippen molar-refractivity contribution >= 4 is 22.8 Å². The number of aromatic amines is 1. The molecule has 0 saturated heterocycles. The Morgan fingerprint density at radius 2 is 1.64 bits per heavy atom. The second-order valence-corrected chi connectivity index (χ2v) is 5.31. The zero-order valence-electron chi connectivity index (χ0n) is 13.5. The smallest absolute Gasteiger partial charge is 0.308 e. The zero-order valence-corrected chi connectivity index (χ0v) is 13.5. The maximum absolute atomic E-state index is 12.4. The molecule has 0 amide bonds. The van der Waals surface area contributed by atoms with Gasteiger partial charge < -0.3 is 14.5 Å². The first-order valence-electron chi connectivity index (χ1n) is 7.44. The van der Waals surface area contributed by atoms with Gasteiger partial charge in [-0.25, -0.2) is 4.98 Å². The number of hydrogen-bond acceptors (Lipinski definition) is 6. The number of rotatable bonds is 3. The highest BCUT2D eigenvalue weighted by molar-refractivity contribution is 5.82. The fourth-order valence-corrected chi connectivity index (χ4v) is 2.36. The average Bonchev–Trinajstić information content (AvgIpc) is 2.54. The number of hydrogen-bond donors (Lipinski definition) is 1. The van der Waals surface area contributed by atoms with Gasteiger partial charge >= 0.3 is 11.9 Å². The predicted octanol–water partition coefficient (Wildman–Crippen LogP) is 2.44. The van der Waals surface area contributed by atoms with Gasteiger partial charge in [0.05, 0.1) is 10.9 Å². The summed E-state index contributed by atoms with van der Waals surface area (Å²) in [5.74, 6) is 0.0688. The molecule has 0 aliphatic carbocycles. The number of benzene rings is 2. The lowest BCUT2D eigenvalue weighted by molar-refractivity contribution is -0.132. The lowest BCUT2D eigenvalue weighted by Crippen LogP contribution is -2.10. The first kappa shape index (κ1) is 16.4. The second kappa shape index (κ2) is 6.56. The molecule has 7 nitrogen and oxygen atoms in total. The Hall–Kier alpha value is -3.48. The highest BCUT2D eigenvalue weighted by Gasteiger charge is 2.09. The number of ether oxygens (including phenoxy) is 2. The van der Waals surface area contributed by atoms with Crippen LogP contribution in [-0.2, 0) is 9.59 Å². The maximum Gasteiger partial charge on any atom is 0.308 e. The lowest BCUT2D eigenvalue weighted by Gasteiger charge is -2.07. The quantitative estimate of drug-likeness (QED) is 0.582. The Labute approximate surface area is 142 Å². The average molecular weight is 338 g/mol. The summed E-state index contributed by atoms with van der Waals surface area (Å²) in [6.45, 7) is 2.59. The Kier molecular flexibility index (Phi) is 4.30. The van der Waals surface area contributed by atoms with Crippen LogP contribution < -0.4 is 15.0 Å². The van der Waals surface area contributed by atoms with Crippen molar-refractivity contribution in [2.24, 2.45) is 0 Å². The van der Waals surface area contributed by atoms with Crippen LogP contribution in [0.15, 0.2) is 47.3 Å². The summed E-state index contributed by atoms with van der Waals surface area (Å²) >= 11 is 0. The molecular weight excluding hydrogens is 324 g/mol. The molecule has 3 rings (SSSR count). The van der Waals surface area contributed by atoms with Gasteiger partial charge in [0.15, 0.2) is 0 Å². The minimum Gasteiger partial charge on any atom is -0.427 e. The van der Waals surface area contributed by atoms with Crippen LogP contribution in [0.1, 0.15) is 13.8 Å². The minimum absolute atomic E-state index is 0.275. The van der Waals surface area contributed by atoms with E-state index < -0.39 is 11.9 Å². The molecule has 0 fully saturated rings. The van der Waals surface area contributed by atoms with Gasteiger partial charge in [-0.3, -0.25) is 14.4 Å². The summed E-state index contributed by atoms with van der Waals surface area (Å²) in [6.07, 6.45) is 0. The molecular formula is C18H14N2O5. The van der Waals surface area contributed by atoms with Gasteiger partial charge in [-0.05, 0) is 30.3 Å². The largest absolute Gasteiger partial charge is 0.427 e. The van der Waals surface area contributed by atoms with E-state index in [4.69, 9.17) is 9.47 Å². The van der Waals surface area contributed by atoms with E-state index in [0.29, 0.717) is 28.0 Å². The van der Waals surface area contributed by atoms with Crippen molar-refractivity contribution in [3.8, 4) is 22.9 Å². The van der Waals surface area contributed by atoms with Crippen molar-refractivity contribution in [3.63, 3.8) is 0 Å². The van der Waals surface area contributed by atoms with Crippen LogP contribution in [0.4, 0.5) is 0 Å². The Morgan fingerprint density at radius 1 is 0.960 bits per heavy atom. The summed E-state index contributed by atoms with van der Waals surface area (Å²) in [5.41, 5.74) is 0.682. The number of nitrogens with one attached hydrogen (secondary N) is 1. The molecule has 0 unspecified atom stereocenters. The van der Waals surface area contributed by atoms with Crippen molar-refractivity contribution in [3.05, 3.63) is 52.8 Å². The second-order valence-electron chi connectivity index (χ2n) is 5.31. The van der Waals surface area contributed by atoms with Crippen LogP contribution in [0.3, 0.4) is 0 Å². The Morgan fingerprint density at radius 3 is 2.32 bits per heavy atom. The SMILES string of the molecule is CC(=O)Oc1cccc(-c2nc3ccc(OC(C)=O)cc3c(=O)[nH]2)c1. The molecule has 3 aromatic rings. The van der Waals surface area contributed by atoms with Gasteiger partial charge in [-0.2, -0.15) is 0 Å². The van der Waals surface area contributed by atoms with E-state index in [1.165, 1.54) is 19.9 Å². The molecule has 0 saturated carbocycles. The highest BCUT2D eigenvalue weighted by atomic mass is 16.5. The Bertz CT molecular complexity index is 1040. The van der Waals surface area contributed by atoms with Crippen LogP contribution in [0, 0.1) is 0 Å². The monoisotopic (exact) mass is 338 g/mol. The normalized spacial score (nSPS) is 10.5. The van der Waals surface area contributed by atoms with Gasteiger partial charge in [-0.15, -0.1) is 0 Å². The van der Waals surface area contributed by atoms with Crippen LogP contribution in [0.5, 0.6) is 11.5 Å². The minimum atomic E-state index is -0.470. The van der Waals surface area contributed by atoms with Crippen molar-refractivity contribution in [1.82, 2.24) is 9.97 Å². The molecule has 0 spiro atoms. The molecule has 1 N–H and O–H groups in total. The predicted molar refractivity (Wildman–Crippen MR) is 90.4 cm³/mol. The Balaban J connectivity index is 2.05. The molecule has 0 radical (unpaired) electrons. The first-order valence-corrected chi connectivity index (χ1v) is 7.44. The number of nitrogens with zero attached hydrogens (tertiary/aromatic N) is 1. The summed E-state index contributed by atoms with van der Waals surface area (Å²) in [5, 5.41) is 0.304. The molecule has 0 atom stereocenters. The van der Waals surface area contributed by atoms with Gasteiger partial charge in [0.25, 0.3) is 5.56 Å². The molecule has 25 heavy (non-hydrogen) atoms. The molecule has 0 aliphatic heterocycles. The van der Waals surface area contributed by atoms with E-state index in [1.54, 1.807) is 36.4 Å². The van der Waals surface area contributed by atoms with E-state index in [1.807, 2.05) is 0 Å². The summed E-state index contributed by atoms with van der Waals surface area (Å²) < 4.78 is 10.0. The van der Waals surface area contributed by atoms with Gasteiger partial charge in [0.2, 0.25) is 0 Å². The van der Waals surface area contributed by atoms with Crippen molar-refractivity contribution in [2.45, 2.75) is 13.8 Å².